The molecule has 1 aromatic carbocycles. The Balaban J connectivity index is 2.47. The Labute approximate surface area is 117 Å². The van der Waals surface area contributed by atoms with Crippen molar-refractivity contribution in [2.24, 2.45) is 0 Å². The van der Waals surface area contributed by atoms with Gasteiger partial charge < -0.3 is 15.2 Å². The third-order valence-electron chi connectivity index (χ3n) is 3.33. The Morgan fingerprint density at radius 2 is 1.89 bits per heavy atom. The summed E-state index contributed by atoms with van der Waals surface area (Å²) in [5.74, 6) is 0.813. The van der Waals surface area contributed by atoms with Gasteiger partial charge >= 0.3 is 0 Å². The summed E-state index contributed by atoms with van der Waals surface area (Å²) in [6, 6.07) is 8.60. The molecule has 0 saturated heterocycles. The van der Waals surface area contributed by atoms with Crippen LogP contribution in [0.25, 0.3) is 0 Å². The monoisotopic (exact) mass is 265 g/mol. The summed E-state index contributed by atoms with van der Waals surface area (Å²) in [5, 5.41) is 13.3. The van der Waals surface area contributed by atoms with Gasteiger partial charge in [-0.15, -0.1) is 0 Å². The summed E-state index contributed by atoms with van der Waals surface area (Å²) >= 11 is 0. The molecule has 108 valence electrons. The number of likely N-dealkylation sites (N-methyl/N-ethyl adjacent to an activating group) is 1. The molecule has 0 aliphatic rings. The van der Waals surface area contributed by atoms with Crippen LogP contribution in [0.4, 0.5) is 0 Å². The Morgan fingerprint density at radius 3 is 2.42 bits per heavy atom. The van der Waals surface area contributed by atoms with Gasteiger partial charge in [-0.1, -0.05) is 26.0 Å². The summed E-state index contributed by atoms with van der Waals surface area (Å²) in [7, 11) is 0. The number of benzene rings is 1. The fourth-order valence-corrected chi connectivity index (χ4v) is 1.84. The van der Waals surface area contributed by atoms with Crippen LogP contribution in [-0.2, 0) is 6.42 Å². The Bertz CT molecular complexity index is 360. The van der Waals surface area contributed by atoms with Crippen LogP contribution in [0.1, 0.15) is 39.7 Å². The van der Waals surface area contributed by atoms with Crippen molar-refractivity contribution in [3.05, 3.63) is 29.8 Å². The SMILES string of the molecule is CCNC(C)Cc1ccc(OCC(C)(O)CC)cc1. The minimum Gasteiger partial charge on any atom is -0.491 e. The van der Waals surface area contributed by atoms with Gasteiger partial charge in [0.25, 0.3) is 0 Å². The van der Waals surface area contributed by atoms with Crippen LogP contribution in [0.15, 0.2) is 24.3 Å². The third kappa shape index (κ3) is 6.08. The molecule has 2 atom stereocenters. The quantitative estimate of drug-likeness (QED) is 0.759. The van der Waals surface area contributed by atoms with Crippen molar-refractivity contribution in [1.29, 1.82) is 0 Å². The van der Waals surface area contributed by atoms with Gasteiger partial charge in [-0.05, 0) is 50.9 Å². The summed E-state index contributed by atoms with van der Waals surface area (Å²) in [4.78, 5) is 0. The zero-order valence-corrected chi connectivity index (χ0v) is 12.6. The molecule has 1 aromatic rings. The first kappa shape index (κ1) is 16.0. The standard InChI is InChI=1S/C16H27NO2/c1-5-16(4,18)12-19-15-9-7-14(8-10-15)11-13(3)17-6-2/h7-10,13,17-18H,5-6,11-12H2,1-4H3. The highest BCUT2D eigenvalue weighted by molar-refractivity contribution is 5.27. The lowest BCUT2D eigenvalue weighted by Crippen LogP contribution is -2.31. The van der Waals surface area contributed by atoms with Crippen LogP contribution >= 0.6 is 0 Å². The summed E-state index contributed by atoms with van der Waals surface area (Å²) in [6.45, 7) is 9.37. The molecular weight excluding hydrogens is 238 g/mol. The molecule has 3 nitrogen and oxygen atoms in total. The maximum Gasteiger partial charge on any atom is 0.119 e. The second kappa shape index (κ2) is 7.51. The van der Waals surface area contributed by atoms with E-state index < -0.39 is 5.60 Å². The van der Waals surface area contributed by atoms with E-state index in [0.29, 0.717) is 19.1 Å². The van der Waals surface area contributed by atoms with E-state index in [1.807, 2.05) is 19.1 Å². The van der Waals surface area contributed by atoms with Crippen molar-refractivity contribution in [1.82, 2.24) is 5.32 Å². The lowest BCUT2D eigenvalue weighted by Gasteiger charge is -2.21. The highest BCUT2D eigenvalue weighted by Gasteiger charge is 2.18. The Hall–Kier alpha value is -1.06. The van der Waals surface area contributed by atoms with Gasteiger partial charge in [0, 0.05) is 6.04 Å². The first-order chi connectivity index (χ1) is 8.96. The van der Waals surface area contributed by atoms with Crippen LogP contribution in [0, 0.1) is 0 Å². The van der Waals surface area contributed by atoms with E-state index in [1.165, 1.54) is 5.56 Å². The van der Waals surface area contributed by atoms with Crippen molar-refractivity contribution in [3.63, 3.8) is 0 Å². The molecule has 0 aliphatic heterocycles. The van der Waals surface area contributed by atoms with Gasteiger partial charge in [0.15, 0.2) is 0 Å². The van der Waals surface area contributed by atoms with Crippen LogP contribution in [-0.4, -0.2) is 29.9 Å². The first-order valence-electron chi connectivity index (χ1n) is 7.14. The zero-order chi connectivity index (χ0) is 14.3. The fourth-order valence-electron chi connectivity index (χ4n) is 1.84. The van der Waals surface area contributed by atoms with E-state index in [9.17, 15) is 5.11 Å². The second-order valence-electron chi connectivity index (χ2n) is 5.45. The number of aliphatic hydroxyl groups is 1. The molecule has 0 heterocycles. The average Bonchev–Trinajstić information content (AvgIpc) is 2.38. The Morgan fingerprint density at radius 1 is 1.26 bits per heavy atom. The van der Waals surface area contributed by atoms with Crippen molar-refractivity contribution in [2.75, 3.05) is 13.2 Å². The summed E-state index contributed by atoms with van der Waals surface area (Å²) in [5.41, 5.74) is 0.543. The molecule has 0 radical (unpaired) electrons. The van der Waals surface area contributed by atoms with Crippen molar-refractivity contribution in [3.8, 4) is 5.75 Å². The minimum absolute atomic E-state index is 0.330. The minimum atomic E-state index is -0.752. The molecule has 0 bridgehead atoms. The van der Waals surface area contributed by atoms with Crippen LogP contribution in [0.3, 0.4) is 0 Å². The average molecular weight is 265 g/mol. The van der Waals surface area contributed by atoms with Gasteiger partial charge in [0.1, 0.15) is 12.4 Å². The lowest BCUT2D eigenvalue weighted by atomic mass is 10.1. The Kier molecular flexibility index (Phi) is 6.32. The van der Waals surface area contributed by atoms with Gasteiger partial charge in [-0.25, -0.2) is 0 Å². The lowest BCUT2D eigenvalue weighted by molar-refractivity contribution is 0.00846. The molecule has 0 amide bonds. The van der Waals surface area contributed by atoms with Gasteiger partial charge in [-0.2, -0.15) is 0 Å². The number of nitrogens with one attached hydrogen (secondary N) is 1. The van der Waals surface area contributed by atoms with Gasteiger partial charge in [0.2, 0.25) is 0 Å². The predicted octanol–water partition coefficient (Wildman–Crippen LogP) is 2.77. The summed E-state index contributed by atoms with van der Waals surface area (Å²) < 4.78 is 5.60. The van der Waals surface area contributed by atoms with Crippen LogP contribution in [0.5, 0.6) is 5.75 Å². The molecule has 0 fully saturated rings. The summed E-state index contributed by atoms with van der Waals surface area (Å²) in [6.07, 6.45) is 1.70. The number of rotatable bonds is 8. The molecular formula is C16H27NO2. The highest BCUT2D eigenvalue weighted by Crippen LogP contribution is 2.16. The molecule has 0 spiro atoms. The smallest absolute Gasteiger partial charge is 0.119 e. The largest absolute Gasteiger partial charge is 0.491 e. The second-order valence-corrected chi connectivity index (χ2v) is 5.45. The normalized spacial score (nSPS) is 15.8. The molecule has 19 heavy (non-hydrogen) atoms. The number of ether oxygens (including phenoxy) is 1. The van der Waals surface area contributed by atoms with Gasteiger partial charge in [-0.3, -0.25) is 0 Å². The first-order valence-corrected chi connectivity index (χ1v) is 7.14. The number of hydrogen-bond donors (Lipinski definition) is 2. The maximum absolute atomic E-state index is 9.88. The molecule has 0 saturated carbocycles. The zero-order valence-electron chi connectivity index (χ0n) is 12.6. The van der Waals surface area contributed by atoms with E-state index in [0.717, 1.165) is 18.7 Å². The van der Waals surface area contributed by atoms with E-state index in [1.54, 1.807) is 6.92 Å². The third-order valence-corrected chi connectivity index (χ3v) is 3.33. The molecule has 3 heteroatoms. The van der Waals surface area contributed by atoms with E-state index in [-0.39, 0.29) is 0 Å². The molecule has 2 unspecified atom stereocenters. The predicted molar refractivity (Wildman–Crippen MR) is 79.7 cm³/mol. The fraction of sp³-hybridized carbons (Fsp3) is 0.625. The van der Waals surface area contributed by atoms with Crippen molar-refractivity contribution in [2.45, 2.75) is 52.2 Å². The van der Waals surface area contributed by atoms with Crippen LogP contribution < -0.4 is 10.1 Å². The van der Waals surface area contributed by atoms with E-state index in [4.69, 9.17) is 4.74 Å². The molecule has 2 N–H and O–H groups in total. The molecule has 0 aliphatic carbocycles. The van der Waals surface area contributed by atoms with Crippen molar-refractivity contribution >= 4 is 0 Å². The highest BCUT2D eigenvalue weighted by atomic mass is 16.5. The van der Waals surface area contributed by atoms with Gasteiger partial charge in [0.05, 0.1) is 5.60 Å². The number of hydrogen-bond acceptors (Lipinski definition) is 3. The van der Waals surface area contributed by atoms with E-state index in [2.05, 4.69) is 31.3 Å². The molecule has 1 rings (SSSR count). The molecule has 0 aromatic heterocycles. The van der Waals surface area contributed by atoms with E-state index >= 15 is 0 Å². The van der Waals surface area contributed by atoms with Crippen LogP contribution in [0.2, 0.25) is 0 Å². The van der Waals surface area contributed by atoms with Crippen molar-refractivity contribution < 1.29 is 9.84 Å². The maximum atomic E-state index is 9.88. The topological polar surface area (TPSA) is 41.5 Å².